The van der Waals surface area contributed by atoms with Gasteiger partial charge < -0.3 is 0 Å². The van der Waals surface area contributed by atoms with E-state index in [-0.39, 0.29) is 5.41 Å². The van der Waals surface area contributed by atoms with Crippen LogP contribution in [0.4, 0.5) is 0 Å². The van der Waals surface area contributed by atoms with Gasteiger partial charge in [-0.25, -0.2) is 0 Å². The molecule has 0 amide bonds. The quantitative estimate of drug-likeness (QED) is 0.443. The van der Waals surface area contributed by atoms with Crippen LogP contribution in [0.2, 0.25) is 0 Å². The summed E-state index contributed by atoms with van der Waals surface area (Å²) in [4.78, 5) is 0. The maximum atomic E-state index is 2.58. The van der Waals surface area contributed by atoms with E-state index in [9.17, 15) is 0 Å². The molecule has 0 aromatic heterocycles. The van der Waals surface area contributed by atoms with E-state index < -0.39 is 22.9 Å². The van der Waals surface area contributed by atoms with Crippen molar-refractivity contribution in [2.24, 2.45) is 5.41 Å². The maximum absolute atomic E-state index is 2.58. The van der Waals surface area contributed by atoms with Crippen molar-refractivity contribution in [3.63, 3.8) is 0 Å². The van der Waals surface area contributed by atoms with Gasteiger partial charge in [0.25, 0.3) is 0 Å². The monoisotopic (exact) mass is 484 g/mol. The molecule has 0 bridgehead atoms. The van der Waals surface area contributed by atoms with E-state index in [2.05, 4.69) is 65.8 Å². The molecule has 0 saturated heterocycles. The average Bonchev–Trinajstić information content (AvgIpc) is 3.16. The van der Waals surface area contributed by atoms with Crippen LogP contribution in [0.1, 0.15) is 70.2 Å². The second-order valence-corrected chi connectivity index (χ2v) is 15.0. The number of hydrogen-bond acceptors (Lipinski definition) is 0. The summed E-state index contributed by atoms with van der Waals surface area (Å²) in [6.45, 7) is 14.5. The molecule has 0 spiro atoms. The second kappa shape index (κ2) is 5.40. The van der Waals surface area contributed by atoms with E-state index in [1.54, 1.807) is 33.4 Å². The van der Waals surface area contributed by atoms with Crippen LogP contribution < -0.4 is 0 Å². The van der Waals surface area contributed by atoms with Gasteiger partial charge in [0.05, 0.1) is 0 Å². The molecular formula is C23H28Hf. The van der Waals surface area contributed by atoms with Gasteiger partial charge in [-0.05, 0) is 0 Å². The van der Waals surface area contributed by atoms with Gasteiger partial charge in [-0.2, -0.15) is 0 Å². The Kier molecular flexibility index (Phi) is 3.77. The van der Waals surface area contributed by atoms with Crippen LogP contribution in [0.5, 0.6) is 0 Å². The molecule has 3 aliphatic carbocycles. The molecular weight excluding hydrogens is 455 g/mol. The fourth-order valence-corrected chi connectivity index (χ4v) is 11.7. The molecule has 4 rings (SSSR count). The molecule has 0 aliphatic heterocycles. The molecule has 1 atom stereocenters. The Morgan fingerprint density at radius 1 is 0.917 bits per heavy atom. The van der Waals surface area contributed by atoms with E-state index in [1.165, 1.54) is 24.8 Å². The van der Waals surface area contributed by atoms with Gasteiger partial charge in [-0.3, -0.25) is 0 Å². The number of allylic oxidation sites excluding steroid dienone is 5. The molecule has 3 aliphatic rings. The molecule has 0 fully saturated rings. The van der Waals surface area contributed by atoms with Gasteiger partial charge in [0.15, 0.2) is 0 Å². The minimum atomic E-state index is -1.05. The molecule has 1 aromatic carbocycles. The zero-order valence-corrected chi connectivity index (χ0v) is 19.5. The summed E-state index contributed by atoms with van der Waals surface area (Å²) < 4.78 is 2.17. The Morgan fingerprint density at radius 2 is 1.58 bits per heavy atom. The van der Waals surface area contributed by atoms with Crippen molar-refractivity contribution in [3.8, 4) is 0 Å². The summed E-state index contributed by atoms with van der Waals surface area (Å²) in [6.07, 6.45) is 8.90. The van der Waals surface area contributed by atoms with Crippen LogP contribution in [0.25, 0.3) is 6.08 Å². The van der Waals surface area contributed by atoms with E-state index in [0.29, 0.717) is 3.17 Å². The van der Waals surface area contributed by atoms with Crippen LogP contribution in [-0.4, -0.2) is 0 Å². The van der Waals surface area contributed by atoms with Crippen LogP contribution in [-0.2, 0) is 38.9 Å². The third kappa shape index (κ3) is 2.26. The van der Waals surface area contributed by atoms with E-state index in [1.807, 2.05) is 3.33 Å². The molecule has 124 valence electrons. The van der Waals surface area contributed by atoms with Crippen molar-refractivity contribution in [2.75, 3.05) is 0 Å². The van der Waals surface area contributed by atoms with Crippen LogP contribution >= 0.6 is 0 Å². The number of fused-ring (bicyclic) bond motifs is 2. The van der Waals surface area contributed by atoms with Crippen molar-refractivity contribution in [3.05, 3.63) is 60.5 Å². The van der Waals surface area contributed by atoms with Gasteiger partial charge in [0.2, 0.25) is 0 Å². The van der Waals surface area contributed by atoms with Gasteiger partial charge in [-0.15, -0.1) is 0 Å². The Balaban J connectivity index is 1.75. The van der Waals surface area contributed by atoms with Crippen molar-refractivity contribution < 1.29 is 22.9 Å². The van der Waals surface area contributed by atoms with Crippen LogP contribution in [0, 0.1) is 5.41 Å². The Hall–Kier alpha value is -0.690. The summed E-state index contributed by atoms with van der Waals surface area (Å²) in [5.41, 5.74) is 11.5. The molecule has 1 aromatic rings. The van der Waals surface area contributed by atoms with E-state index in [0.717, 1.165) is 0 Å². The third-order valence-electron chi connectivity index (χ3n) is 6.87. The van der Waals surface area contributed by atoms with E-state index in [4.69, 9.17) is 0 Å². The SMILES string of the molecule is CC1=C(C)C(C)(C)[C]([Hf][C]2(C)C=Cc3cc4c(cc32)CCC4)=C1C. The summed E-state index contributed by atoms with van der Waals surface area (Å²) >= 11 is -1.05. The summed E-state index contributed by atoms with van der Waals surface area (Å²) in [6, 6.07) is 5.08. The van der Waals surface area contributed by atoms with Crippen molar-refractivity contribution in [1.82, 2.24) is 0 Å². The van der Waals surface area contributed by atoms with Crippen LogP contribution in [0.3, 0.4) is 0 Å². The van der Waals surface area contributed by atoms with Gasteiger partial charge in [0, 0.05) is 0 Å². The van der Waals surface area contributed by atoms with Crippen LogP contribution in [0.15, 0.2) is 38.3 Å². The first kappa shape index (κ1) is 16.8. The number of benzene rings is 1. The summed E-state index contributed by atoms with van der Waals surface area (Å²) in [5, 5.41) is 0. The topological polar surface area (TPSA) is 0 Å². The molecule has 0 heterocycles. The van der Waals surface area contributed by atoms with Gasteiger partial charge >= 0.3 is 159 Å². The average molecular weight is 483 g/mol. The molecule has 0 nitrogen and oxygen atoms in total. The third-order valence-corrected chi connectivity index (χ3v) is 14.8. The van der Waals surface area contributed by atoms with Crippen molar-refractivity contribution >= 4 is 6.08 Å². The zero-order valence-electron chi connectivity index (χ0n) is 15.9. The molecule has 1 unspecified atom stereocenters. The zero-order chi connectivity index (χ0) is 17.3. The molecule has 0 saturated carbocycles. The first-order chi connectivity index (χ1) is 11.2. The van der Waals surface area contributed by atoms with E-state index >= 15 is 0 Å². The summed E-state index contributed by atoms with van der Waals surface area (Å²) in [7, 11) is 0. The van der Waals surface area contributed by atoms with Crippen molar-refractivity contribution in [1.29, 1.82) is 0 Å². The summed E-state index contributed by atoms with van der Waals surface area (Å²) in [5.74, 6) is 0. The fourth-order valence-electron chi connectivity index (χ4n) is 4.79. The van der Waals surface area contributed by atoms with Gasteiger partial charge in [-0.1, -0.05) is 0 Å². The molecule has 0 radical (unpaired) electrons. The molecule has 24 heavy (non-hydrogen) atoms. The normalized spacial score (nSPS) is 27.1. The Labute approximate surface area is 158 Å². The fraction of sp³-hybridized carbons (Fsp3) is 0.478. The Morgan fingerprint density at radius 3 is 2.21 bits per heavy atom. The number of hydrogen-bond donors (Lipinski definition) is 0. The first-order valence-electron chi connectivity index (χ1n) is 9.27. The standard InChI is InChI=1S/C13H13.C10H15.Hf/c1-9-5-6-12-7-10-3-2-4-11(10)8-13(9)12;1-7-6-10(4,5)9(3)8(7)2;/h5-8H,2-4H2,1H3;1-5H3;. The number of rotatable bonds is 2. The van der Waals surface area contributed by atoms with Crippen molar-refractivity contribution in [2.45, 2.75) is 64.0 Å². The first-order valence-corrected chi connectivity index (χ1v) is 12.9. The van der Waals surface area contributed by atoms with Gasteiger partial charge in [0.1, 0.15) is 0 Å². The predicted octanol–water partition coefficient (Wildman–Crippen LogP) is 6.15. The Bertz CT molecular complexity index is 832. The molecule has 0 N–H and O–H groups in total. The minimum absolute atomic E-state index is 0.285. The predicted molar refractivity (Wildman–Crippen MR) is 99.7 cm³/mol. The number of aryl methyl sites for hydroxylation is 2. The molecule has 1 heteroatoms. The second-order valence-electron chi connectivity index (χ2n) is 8.60.